The summed E-state index contributed by atoms with van der Waals surface area (Å²) in [6.07, 6.45) is 3.21. The van der Waals surface area contributed by atoms with E-state index in [0.29, 0.717) is 11.1 Å². The summed E-state index contributed by atoms with van der Waals surface area (Å²) in [5.74, 6) is -1.90. The second-order valence-corrected chi connectivity index (χ2v) is 10.8. The molecule has 0 spiro atoms. The van der Waals surface area contributed by atoms with Crippen molar-refractivity contribution in [3.8, 4) is 0 Å². The van der Waals surface area contributed by atoms with E-state index >= 15 is 0 Å². The molecular formula is C27H38BrN3O5. The molecule has 9 heteroatoms. The number of amides is 3. The van der Waals surface area contributed by atoms with Gasteiger partial charge < -0.3 is 20.7 Å². The third-order valence-electron chi connectivity index (χ3n) is 5.17. The molecule has 3 N–H and O–H groups in total. The largest absolute Gasteiger partial charge is 0.463 e. The average molecular weight is 565 g/mol. The van der Waals surface area contributed by atoms with Crippen LogP contribution in [0, 0.1) is 11.3 Å². The van der Waals surface area contributed by atoms with Gasteiger partial charge in [0, 0.05) is 17.0 Å². The lowest BCUT2D eigenvalue weighted by Gasteiger charge is -2.32. The molecule has 8 nitrogen and oxygen atoms in total. The van der Waals surface area contributed by atoms with Crippen LogP contribution in [0.5, 0.6) is 0 Å². The minimum absolute atomic E-state index is 0.0149. The van der Waals surface area contributed by atoms with Gasteiger partial charge in [0.05, 0.1) is 12.6 Å². The number of hydrogen-bond donors (Lipinski definition) is 3. The molecule has 0 aliphatic carbocycles. The van der Waals surface area contributed by atoms with Gasteiger partial charge in [0.25, 0.3) is 5.91 Å². The molecule has 0 unspecified atom stereocenters. The van der Waals surface area contributed by atoms with Crippen LogP contribution in [-0.4, -0.2) is 42.4 Å². The van der Waals surface area contributed by atoms with Crippen LogP contribution in [0.1, 0.15) is 61.0 Å². The van der Waals surface area contributed by atoms with Crippen LogP contribution < -0.4 is 16.0 Å². The van der Waals surface area contributed by atoms with Gasteiger partial charge in [-0.3, -0.25) is 14.4 Å². The molecule has 0 heterocycles. The molecule has 1 rings (SSSR count). The molecule has 0 radical (unpaired) electrons. The summed E-state index contributed by atoms with van der Waals surface area (Å²) < 4.78 is 5.85. The van der Waals surface area contributed by atoms with E-state index in [4.69, 9.17) is 4.74 Å². The molecule has 0 saturated carbocycles. The summed E-state index contributed by atoms with van der Waals surface area (Å²) in [5, 5.41) is 8.28. The highest BCUT2D eigenvalue weighted by Crippen LogP contribution is 2.21. The molecule has 0 aliphatic heterocycles. The topological polar surface area (TPSA) is 114 Å². The van der Waals surface area contributed by atoms with Gasteiger partial charge in [-0.05, 0) is 49.0 Å². The third-order valence-corrected chi connectivity index (χ3v) is 5.67. The zero-order chi connectivity index (χ0) is 27.6. The summed E-state index contributed by atoms with van der Waals surface area (Å²) >= 11 is 3.39. The number of nitrogens with one attached hydrogen (secondary N) is 3. The van der Waals surface area contributed by atoms with E-state index in [0.717, 1.165) is 4.47 Å². The van der Waals surface area contributed by atoms with Gasteiger partial charge in [-0.1, -0.05) is 68.8 Å². The number of rotatable bonds is 10. The van der Waals surface area contributed by atoms with Crippen molar-refractivity contribution in [2.24, 2.45) is 11.3 Å². The summed E-state index contributed by atoms with van der Waals surface area (Å²) in [6.45, 7) is 14.2. The number of esters is 1. The van der Waals surface area contributed by atoms with Gasteiger partial charge in [-0.2, -0.15) is 0 Å². The first-order chi connectivity index (χ1) is 16.6. The molecule has 0 bridgehead atoms. The van der Waals surface area contributed by atoms with Crippen LogP contribution in [-0.2, 0) is 23.9 Å². The van der Waals surface area contributed by atoms with Gasteiger partial charge in [-0.15, -0.1) is 0 Å². The quantitative estimate of drug-likeness (QED) is 0.293. The van der Waals surface area contributed by atoms with E-state index in [1.54, 1.807) is 38.1 Å². The highest BCUT2D eigenvalue weighted by atomic mass is 79.9. The Kier molecular flexibility index (Phi) is 12.1. The predicted octanol–water partition coefficient (Wildman–Crippen LogP) is 4.11. The minimum Gasteiger partial charge on any atom is -0.463 e. The van der Waals surface area contributed by atoms with Gasteiger partial charge in [0.1, 0.15) is 11.7 Å². The summed E-state index contributed by atoms with van der Waals surface area (Å²) in [4.78, 5) is 50.5. The third kappa shape index (κ3) is 10.4. The monoisotopic (exact) mass is 563 g/mol. The minimum atomic E-state index is -0.929. The average Bonchev–Trinajstić information content (AvgIpc) is 2.75. The number of carbonyl (C=O) groups is 4. The number of hydrogen-bond acceptors (Lipinski definition) is 5. The second-order valence-electron chi connectivity index (χ2n) is 9.92. The Morgan fingerprint density at radius 2 is 1.72 bits per heavy atom. The molecule has 3 amide bonds. The Bertz CT molecular complexity index is 1020. The fourth-order valence-corrected chi connectivity index (χ4v) is 3.64. The van der Waals surface area contributed by atoms with E-state index < -0.39 is 41.2 Å². The van der Waals surface area contributed by atoms with Crippen molar-refractivity contribution in [3.05, 3.63) is 51.6 Å². The summed E-state index contributed by atoms with van der Waals surface area (Å²) in [6, 6.07) is 5.85. The standard InChI is InChI=1S/C27H38BrN3O5/c1-9-36-26(35)17(4)13-21(16(2)3)30-25(34)23(27(6,7)8)31-24(33)22(29-18(5)32)15-19-11-10-12-20(28)14-19/h10-16,21,23H,9H2,1-8H3,(H,29,32)(H,30,34)(H,31,33)/b17-13+,22-15-/t21-,23-/m1/s1. The van der Waals surface area contributed by atoms with Crippen LogP contribution in [0.2, 0.25) is 0 Å². The van der Waals surface area contributed by atoms with Gasteiger partial charge >= 0.3 is 5.97 Å². The first-order valence-corrected chi connectivity index (χ1v) is 12.7. The van der Waals surface area contributed by atoms with Gasteiger partial charge in [0.15, 0.2) is 0 Å². The van der Waals surface area contributed by atoms with Crippen LogP contribution in [0.4, 0.5) is 0 Å². The summed E-state index contributed by atoms with van der Waals surface area (Å²) in [7, 11) is 0. The SMILES string of the molecule is CCOC(=O)/C(C)=C/[C@@H](NC(=O)[C@@H](NC(=O)/C(=C/c1cccc(Br)c1)NC(C)=O)C(C)(C)C)C(C)C. The predicted molar refractivity (Wildman–Crippen MR) is 144 cm³/mol. The molecular weight excluding hydrogens is 526 g/mol. The number of halogens is 1. The Morgan fingerprint density at radius 3 is 2.22 bits per heavy atom. The highest BCUT2D eigenvalue weighted by Gasteiger charge is 2.35. The molecule has 1 aromatic rings. The van der Waals surface area contributed by atoms with Crippen molar-refractivity contribution in [2.45, 2.75) is 67.5 Å². The lowest BCUT2D eigenvalue weighted by molar-refractivity contribution is -0.138. The molecule has 0 aromatic heterocycles. The van der Waals surface area contributed by atoms with Crippen molar-refractivity contribution >= 4 is 45.7 Å². The van der Waals surface area contributed by atoms with E-state index in [2.05, 4.69) is 31.9 Å². The maximum Gasteiger partial charge on any atom is 0.333 e. The molecule has 198 valence electrons. The molecule has 36 heavy (non-hydrogen) atoms. The number of carbonyl (C=O) groups excluding carboxylic acids is 4. The highest BCUT2D eigenvalue weighted by molar-refractivity contribution is 9.10. The Morgan fingerprint density at radius 1 is 1.08 bits per heavy atom. The van der Waals surface area contributed by atoms with Crippen LogP contribution in [0.3, 0.4) is 0 Å². The Balaban J connectivity index is 3.24. The number of benzene rings is 1. The molecule has 0 fully saturated rings. The van der Waals surface area contributed by atoms with Crippen molar-refractivity contribution in [1.82, 2.24) is 16.0 Å². The zero-order valence-corrected chi connectivity index (χ0v) is 23.9. The number of ether oxygens (including phenoxy) is 1. The smallest absolute Gasteiger partial charge is 0.333 e. The molecule has 0 saturated heterocycles. The lowest BCUT2D eigenvalue weighted by atomic mass is 9.85. The maximum atomic E-state index is 13.4. The Labute approximate surface area is 222 Å². The molecule has 1 aromatic carbocycles. The van der Waals surface area contributed by atoms with E-state index in [1.165, 1.54) is 6.92 Å². The zero-order valence-electron chi connectivity index (χ0n) is 22.3. The van der Waals surface area contributed by atoms with Gasteiger partial charge in [0.2, 0.25) is 11.8 Å². The fraction of sp³-hybridized carbons (Fsp3) is 0.481. The maximum absolute atomic E-state index is 13.4. The first-order valence-electron chi connectivity index (χ1n) is 11.9. The van der Waals surface area contributed by atoms with Crippen LogP contribution in [0.25, 0.3) is 6.08 Å². The van der Waals surface area contributed by atoms with E-state index in [1.807, 2.05) is 46.8 Å². The van der Waals surface area contributed by atoms with Gasteiger partial charge in [-0.25, -0.2) is 4.79 Å². The Hall–Kier alpha value is -2.94. The normalized spacial score (nSPS) is 14.1. The van der Waals surface area contributed by atoms with Crippen LogP contribution >= 0.6 is 15.9 Å². The summed E-state index contributed by atoms with van der Waals surface area (Å²) in [5.41, 5.74) is 0.441. The van der Waals surface area contributed by atoms with Crippen molar-refractivity contribution in [3.63, 3.8) is 0 Å². The molecule has 0 aliphatic rings. The van der Waals surface area contributed by atoms with E-state index in [-0.39, 0.29) is 18.2 Å². The van der Waals surface area contributed by atoms with E-state index in [9.17, 15) is 19.2 Å². The molecule has 2 atom stereocenters. The first kappa shape index (κ1) is 31.1. The van der Waals surface area contributed by atoms with Crippen LogP contribution in [0.15, 0.2) is 46.1 Å². The second kappa shape index (κ2) is 14.0. The van der Waals surface area contributed by atoms with Crippen molar-refractivity contribution < 1.29 is 23.9 Å². The fourth-order valence-electron chi connectivity index (χ4n) is 3.23. The van der Waals surface area contributed by atoms with Crippen molar-refractivity contribution in [2.75, 3.05) is 6.61 Å². The lowest BCUT2D eigenvalue weighted by Crippen LogP contribution is -2.56. The van der Waals surface area contributed by atoms with Crippen molar-refractivity contribution in [1.29, 1.82) is 0 Å².